The van der Waals surface area contributed by atoms with Crippen molar-refractivity contribution in [1.82, 2.24) is 8.61 Å². The molecule has 0 bridgehead atoms. The molecule has 2 rings (SSSR count). The second kappa shape index (κ2) is 5.86. The molecule has 1 atom stereocenters. The fraction of sp³-hybridized carbons (Fsp3) is 1.00. The highest BCUT2D eigenvalue weighted by atomic mass is 32.2. The van der Waals surface area contributed by atoms with Crippen LogP contribution in [0.5, 0.6) is 0 Å². The van der Waals surface area contributed by atoms with Crippen LogP contribution in [0.2, 0.25) is 0 Å². The Morgan fingerprint density at radius 1 is 1.11 bits per heavy atom. The molecule has 0 saturated carbocycles. The summed E-state index contributed by atoms with van der Waals surface area (Å²) in [5, 5.41) is 9.09. The Kier molecular flexibility index (Phi) is 4.64. The van der Waals surface area contributed by atoms with Crippen molar-refractivity contribution in [3.05, 3.63) is 0 Å². The summed E-state index contributed by atoms with van der Waals surface area (Å²) in [5.74, 6) is 0.273. The minimum atomic E-state index is -3.28. The van der Waals surface area contributed by atoms with Gasteiger partial charge in [-0.1, -0.05) is 6.42 Å². The van der Waals surface area contributed by atoms with Gasteiger partial charge < -0.3 is 5.11 Å². The monoisotopic (exact) mass is 276 g/mol. The number of aliphatic hydroxyl groups is 1. The third kappa shape index (κ3) is 2.87. The first-order valence-corrected chi connectivity index (χ1v) is 8.33. The van der Waals surface area contributed by atoms with Gasteiger partial charge in [-0.05, 0) is 38.5 Å². The molecule has 0 radical (unpaired) electrons. The molecule has 0 aromatic rings. The van der Waals surface area contributed by atoms with Gasteiger partial charge in [0.05, 0.1) is 0 Å². The molecule has 0 aromatic carbocycles. The van der Waals surface area contributed by atoms with Gasteiger partial charge in [-0.2, -0.15) is 17.0 Å². The van der Waals surface area contributed by atoms with Crippen LogP contribution in [-0.4, -0.2) is 54.4 Å². The summed E-state index contributed by atoms with van der Waals surface area (Å²) in [5.41, 5.74) is 0. The first-order valence-electron chi connectivity index (χ1n) is 6.93. The van der Waals surface area contributed by atoms with E-state index in [1.807, 2.05) is 6.92 Å². The number of aliphatic hydroxyl groups excluding tert-OH is 1. The van der Waals surface area contributed by atoms with E-state index in [-0.39, 0.29) is 18.6 Å². The van der Waals surface area contributed by atoms with Crippen LogP contribution in [0.1, 0.15) is 39.0 Å². The standard InChI is InChI=1S/C12H24N2O3S/c1-11-4-2-3-7-14(11)18(16,17)13-8-5-12(10-15)6-9-13/h11-12,15H,2-10H2,1H3. The SMILES string of the molecule is CC1CCCCN1S(=O)(=O)N1CCC(CO)CC1. The Morgan fingerprint density at radius 3 is 2.33 bits per heavy atom. The summed E-state index contributed by atoms with van der Waals surface area (Å²) >= 11 is 0. The molecule has 5 nitrogen and oxygen atoms in total. The number of rotatable bonds is 3. The van der Waals surface area contributed by atoms with Crippen molar-refractivity contribution in [1.29, 1.82) is 0 Å². The molecule has 1 N–H and O–H groups in total. The number of hydrogen-bond acceptors (Lipinski definition) is 3. The molecule has 0 spiro atoms. The van der Waals surface area contributed by atoms with Crippen molar-refractivity contribution in [3.8, 4) is 0 Å². The topological polar surface area (TPSA) is 60.9 Å². The van der Waals surface area contributed by atoms with E-state index in [0.717, 1.165) is 32.1 Å². The second-order valence-electron chi connectivity index (χ2n) is 5.49. The highest BCUT2D eigenvalue weighted by molar-refractivity contribution is 7.86. The van der Waals surface area contributed by atoms with Crippen LogP contribution in [0, 0.1) is 5.92 Å². The Balaban J connectivity index is 2.02. The van der Waals surface area contributed by atoms with Gasteiger partial charge in [-0.15, -0.1) is 0 Å². The van der Waals surface area contributed by atoms with Crippen molar-refractivity contribution in [3.63, 3.8) is 0 Å². The Hall–Kier alpha value is -0.170. The molecule has 2 aliphatic rings. The highest BCUT2D eigenvalue weighted by Crippen LogP contribution is 2.25. The van der Waals surface area contributed by atoms with Crippen molar-refractivity contribution >= 4 is 10.2 Å². The van der Waals surface area contributed by atoms with Crippen molar-refractivity contribution in [2.45, 2.75) is 45.1 Å². The van der Waals surface area contributed by atoms with E-state index in [2.05, 4.69) is 0 Å². The number of piperidine rings is 2. The molecule has 2 aliphatic heterocycles. The van der Waals surface area contributed by atoms with Crippen LogP contribution in [0.15, 0.2) is 0 Å². The van der Waals surface area contributed by atoms with Gasteiger partial charge in [0.1, 0.15) is 0 Å². The van der Waals surface area contributed by atoms with Crippen molar-refractivity contribution < 1.29 is 13.5 Å². The molecule has 6 heteroatoms. The molecule has 1 unspecified atom stereocenters. The zero-order valence-corrected chi connectivity index (χ0v) is 11.9. The van der Waals surface area contributed by atoms with Crippen LogP contribution in [0.4, 0.5) is 0 Å². The number of nitrogens with zero attached hydrogens (tertiary/aromatic N) is 2. The minimum Gasteiger partial charge on any atom is -0.396 e. The van der Waals surface area contributed by atoms with Crippen molar-refractivity contribution in [2.75, 3.05) is 26.2 Å². The van der Waals surface area contributed by atoms with Gasteiger partial charge in [-0.25, -0.2) is 0 Å². The third-order valence-electron chi connectivity index (χ3n) is 4.20. The van der Waals surface area contributed by atoms with Crippen LogP contribution >= 0.6 is 0 Å². The van der Waals surface area contributed by atoms with Gasteiger partial charge >= 0.3 is 0 Å². The van der Waals surface area contributed by atoms with E-state index in [1.165, 1.54) is 0 Å². The van der Waals surface area contributed by atoms with E-state index in [4.69, 9.17) is 5.11 Å². The quantitative estimate of drug-likeness (QED) is 0.830. The largest absolute Gasteiger partial charge is 0.396 e. The lowest BCUT2D eigenvalue weighted by Gasteiger charge is -2.38. The highest BCUT2D eigenvalue weighted by Gasteiger charge is 2.36. The molecule has 18 heavy (non-hydrogen) atoms. The maximum absolute atomic E-state index is 12.5. The molecule has 0 aliphatic carbocycles. The molecule has 106 valence electrons. The zero-order valence-electron chi connectivity index (χ0n) is 11.1. The summed E-state index contributed by atoms with van der Waals surface area (Å²) in [6.45, 7) is 3.93. The van der Waals surface area contributed by atoms with Gasteiger partial charge in [0.25, 0.3) is 10.2 Å². The Morgan fingerprint density at radius 2 is 1.78 bits per heavy atom. The molecular formula is C12H24N2O3S. The van der Waals surface area contributed by atoms with Gasteiger partial charge in [0.2, 0.25) is 0 Å². The van der Waals surface area contributed by atoms with Gasteiger partial charge in [0, 0.05) is 32.3 Å². The normalized spacial score (nSPS) is 29.6. The fourth-order valence-corrected chi connectivity index (χ4v) is 4.77. The molecule has 2 heterocycles. The summed E-state index contributed by atoms with van der Waals surface area (Å²) in [4.78, 5) is 0. The Bertz CT molecular complexity index is 364. The minimum absolute atomic E-state index is 0.124. The average Bonchev–Trinajstić information content (AvgIpc) is 2.39. The van der Waals surface area contributed by atoms with Crippen LogP contribution < -0.4 is 0 Å². The summed E-state index contributed by atoms with van der Waals surface area (Å²) in [6, 6.07) is 0.124. The lowest BCUT2D eigenvalue weighted by Crippen LogP contribution is -2.51. The van der Waals surface area contributed by atoms with Crippen LogP contribution in [0.25, 0.3) is 0 Å². The predicted molar refractivity (Wildman–Crippen MR) is 70.3 cm³/mol. The van der Waals surface area contributed by atoms with E-state index in [9.17, 15) is 8.42 Å². The predicted octanol–water partition coefficient (Wildman–Crippen LogP) is 0.810. The maximum Gasteiger partial charge on any atom is 0.282 e. The van der Waals surface area contributed by atoms with Gasteiger partial charge in [-0.3, -0.25) is 0 Å². The fourth-order valence-electron chi connectivity index (χ4n) is 2.89. The smallest absolute Gasteiger partial charge is 0.282 e. The van der Waals surface area contributed by atoms with Crippen LogP contribution in [0.3, 0.4) is 0 Å². The van der Waals surface area contributed by atoms with E-state index < -0.39 is 10.2 Å². The molecule has 2 fully saturated rings. The summed E-state index contributed by atoms with van der Waals surface area (Å²) in [6.07, 6.45) is 4.61. The first-order chi connectivity index (χ1) is 8.55. The molecular weight excluding hydrogens is 252 g/mol. The lowest BCUT2D eigenvalue weighted by atomic mass is 10.00. The van der Waals surface area contributed by atoms with E-state index in [0.29, 0.717) is 19.6 Å². The Labute approximate surface area is 110 Å². The molecule has 0 amide bonds. The number of hydrogen-bond donors (Lipinski definition) is 1. The van der Waals surface area contributed by atoms with Crippen molar-refractivity contribution in [2.24, 2.45) is 5.92 Å². The summed E-state index contributed by atoms with van der Waals surface area (Å²) < 4.78 is 28.3. The molecule has 2 saturated heterocycles. The summed E-state index contributed by atoms with van der Waals surface area (Å²) in [7, 11) is -3.28. The third-order valence-corrected chi connectivity index (χ3v) is 6.35. The zero-order chi connectivity index (χ0) is 13.2. The first kappa shape index (κ1) is 14.2. The van der Waals surface area contributed by atoms with Gasteiger partial charge in [0.15, 0.2) is 0 Å². The second-order valence-corrected chi connectivity index (χ2v) is 7.37. The average molecular weight is 276 g/mol. The van der Waals surface area contributed by atoms with E-state index >= 15 is 0 Å². The van der Waals surface area contributed by atoms with Crippen LogP contribution in [-0.2, 0) is 10.2 Å². The lowest BCUT2D eigenvalue weighted by molar-refractivity contribution is 0.161. The molecule has 0 aromatic heterocycles. The maximum atomic E-state index is 12.5. The van der Waals surface area contributed by atoms with E-state index in [1.54, 1.807) is 8.61 Å².